The van der Waals surface area contributed by atoms with Crippen molar-refractivity contribution in [3.8, 4) is 0 Å². The summed E-state index contributed by atoms with van der Waals surface area (Å²) < 4.78 is 1.08. The molecule has 0 aliphatic rings. The summed E-state index contributed by atoms with van der Waals surface area (Å²) in [7, 11) is 0. The van der Waals surface area contributed by atoms with Crippen molar-refractivity contribution < 1.29 is 4.79 Å². The van der Waals surface area contributed by atoms with Crippen LogP contribution < -0.4 is 10.3 Å². The van der Waals surface area contributed by atoms with Gasteiger partial charge < -0.3 is 4.90 Å². The SMILES string of the molecule is CCN(Cc1ccccc1)c1ccc(C=NNC(=O)CSc2cc(C)c(Br)cc2C)cc1. The third kappa shape index (κ3) is 6.97. The lowest BCUT2D eigenvalue weighted by molar-refractivity contribution is -0.118. The highest BCUT2D eigenvalue weighted by atomic mass is 79.9. The fourth-order valence-electron chi connectivity index (χ4n) is 3.23. The Balaban J connectivity index is 1.51. The van der Waals surface area contributed by atoms with Gasteiger partial charge in [0.2, 0.25) is 5.91 Å². The minimum atomic E-state index is -0.122. The number of amides is 1. The Bertz CT molecular complexity index is 1070. The second-order valence-corrected chi connectivity index (χ2v) is 9.41. The van der Waals surface area contributed by atoms with Crippen molar-refractivity contribution in [3.05, 3.63) is 93.5 Å². The van der Waals surface area contributed by atoms with Gasteiger partial charge in [-0.2, -0.15) is 5.10 Å². The summed E-state index contributed by atoms with van der Waals surface area (Å²) >= 11 is 5.06. The molecule has 0 radical (unpaired) electrons. The number of benzene rings is 3. The summed E-state index contributed by atoms with van der Waals surface area (Å²) in [6, 6.07) is 22.8. The second kappa shape index (κ2) is 11.9. The third-order valence-corrected chi connectivity index (χ3v) is 7.09. The molecule has 3 aromatic rings. The minimum absolute atomic E-state index is 0.122. The van der Waals surface area contributed by atoms with Gasteiger partial charge in [0.1, 0.15) is 0 Å². The molecule has 166 valence electrons. The van der Waals surface area contributed by atoms with Gasteiger partial charge >= 0.3 is 0 Å². The molecule has 0 bridgehead atoms. The Morgan fingerprint density at radius 3 is 2.47 bits per heavy atom. The van der Waals surface area contributed by atoms with E-state index in [0.29, 0.717) is 5.75 Å². The zero-order valence-corrected chi connectivity index (χ0v) is 21.0. The van der Waals surface area contributed by atoms with Crippen LogP contribution in [0.1, 0.15) is 29.2 Å². The number of anilines is 1. The quantitative estimate of drug-likeness (QED) is 0.208. The average Bonchev–Trinajstić information content (AvgIpc) is 2.80. The van der Waals surface area contributed by atoms with Gasteiger partial charge in [-0.1, -0.05) is 58.4 Å². The van der Waals surface area contributed by atoms with Crippen LogP contribution in [0.2, 0.25) is 0 Å². The van der Waals surface area contributed by atoms with E-state index >= 15 is 0 Å². The minimum Gasteiger partial charge on any atom is -0.367 e. The highest BCUT2D eigenvalue weighted by molar-refractivity contribution is 9.10. The van der Waals surface area contributed by atoms with Crippen molar-refractivity contribution in [1.29, 1.82) is 0 Å². The van der Waals surface area contributed by atoms with Crippen LogP contribution in [-0.4, -0.2) is 24.4 Å². The van der Waals surface area contributed by atoms with Crippen LogP contribution in [0.4, 0.5) is 5.69 Å². The number of hydrogen-bond acceptors (Lipinski definition) is 4. The molecule has 1 amide bonds. The summed E-state index contributed by atoms with van der Waals surface area (Å²) in [5, 5.41) is 4.11. The normalized spacial score (nSPS) is 11.0. The standard InChI is InChI=1S/C26H28BrN3OS/c1-4-30(17-22-8-6-5-7-9-22)23-12-10-21(11-13-23)16-28-29-26(31)18-32-25-15-19(2)24(27)14-20(25)3/h5-16H,4,17-18H2,1-3H3,(H,29,31). The summed E-state index contributed by atoms with van der Waals surface area (Å²) in [6.45, 7) is 8.04. The van der Waals surface area contributed by atoms with Crippen LogP contribution in [-0.2, 0) is 11.3 Å². The number of aryl methyl sites for hydroxylation is 2. The number of carbonyl (C=O) groups is 1. The molecule has 3 rings (SSSR count). The number of hydrazone groups is 1. The van der Waals surface area contributed by atoms with Gasteiger partial charge in [0, 0.05) is 28.1 Å². The molecular formula is C26H28BrN3OS. The van der Waals surface area contributed by atoms with E-state index in [1.165, 1.54) is 17.3 Å². The Morgan fingerprint density at radius 1 is 1.06 bits per heavy atom. The van der Waals surface area contributed by atoms with Gasteiger partial charge in [-0.15, -0.1) is 11.8 Å². The second-order valence-electron chi connectivity index (χ2n) is 7.54. The van der Waals surface area contributed by atoms with E-state index < -0.39 is 0 Å². The molecule has 6 heteroatoms. The topological polar surface area (TPSA) is 44.7 Å². The first-order valence-corrected chi connectivity index (χ1v) is 12.3. The van der Waals surface area contributed by atoms with Crippen molar-refractivity contribution in [2.45, 2.75) is 32.2 Å². The lowest BCUT2D eigenvalue weighted by Gasteiger charge is -2.23. The number of nitrogens with one attached hydrogen (secondary N) is 1. The Kier molecular flexibility index (Phi) is 8.94. The van der Waals surface area contributed by atoms with Crippen molar-refractivity contribution >= 4 is 45.5 Å². The van der Waals surface area contributed by atoms with Crippen molar-refractivity contribution in [3.63, 3.8) is 0 Å². The maximum Gasteiger partial charge on any atom is 0.250 e. The highest BCUT2D eigenvalue weighted by Crippen LogP contribution is 2.28. The average molecular weight is 511 g/mol. The van der Waals surface area contributed by atoms with Gasteiger partial charge in [-0.3, -0.25) is 4.79 Å². The summed E-state index contributed by atoms with van der Waals surface area (Å²) in [4.78, 5) is 15.6. The Morgan fingerprint density at radius 2 is 1.78 bits per heavy atom. The number of rotatable bonds is 9. The molecule has 0 spiro atoms. The Labute approximate surface area is 203 Å². The molecule has 0 saturated carbocycles. The summed E-state index contributed by atoms with van der Waals surface area (Å²) in [5.41, 5.74) is 8.31. The number of halogens is 1. The molecule has 0 fully saturated rings. The van der Waals surface area contributed by atoms with Gasteiger partial charge in [-0.05, 0) is 67.3 Å². The smallest absolute Gasteiger partial charge is 0.250 e. The van der Waals surface area contributed by atoms with Crippen LogP contribution in [0.3, 0.4) is 0 Å². The molecule has 0 saturated heterocycles. The largest absolute Gasteiger partial charge is 0.367 e. The van der Waals surface area contributed by atoms with E-state index in [9.17, 15) is 4.79 Å². The fourth-order valence-corrected chi connectivity index (χ4v) is 4.58. The molecule has 0 heterocycles. The van der Waals surface area contributed by atoms with E-state index in [4.69, 9.17) is 0 Å². The number of hydrogen-bond donors (Lipinski definition) is 1. The predicted octanol–water partition coefficient (Wildman–Crippen LogP) is 6.33. The molecule has 0 aromatic heterocycles. The van der Waals surface area contributed by atoms with Crippen molar-refractivity contribution in [2.24, 2.45) is 5.10 Å². The van der Waals surface area contributed by atoms with Gasteiger partial charge in [0.05, 0.1) is 12.0 Å². The molecule has 0 aliphatic carbocycles. The van der Waals surface area contributed by atoms with Crippen LogP contribution in [0, 0.1) is 13.8 Å². The van der Waals surface area contributed by atoms with E-state index in [1.54, 1.807) is 6.21 Å². The van der Waals surface area contributed by atoms with Crippen LogP contribution in [0.5, 0.6) is 0 Å². The summed E-state index contributed by atoms with van der Waals surface area (Å²) in [6.07, 6.45) is 1.68. The first-order valence-electron chi connectivity index (χ1n) is 10.6. The molecule has 0 unspecified atom stereocenters. The van der Waals surface area contributed by atoms with Crippen LogP contribution in [0.25, 0.3) is 0 Å². The van der Waals surface area contributed by atoms with Gasteiger partial charge in [0.15, 0.2) is 0 Å². The lowest BCUT2D eigenvalue weighted by atomic mass is 10.1. The molecule has 1 N–H and O–H groups in total. The summed E-state index contributed by atoms with van der Waals surface area (Å²) in [5.74, 6) is 0.200. The molecule has 3 aromatic carbocycles. The Hall–Kier alpha value is -2.57. The number of carbonyl (C=O) groups excluding carboxylic acids is 1. The van der Waals surface area contributed by atoms with E-state index in [2.05, 4.69) is 86.8 Å². The zero-order chi connectivity index (χ0) is 22.9. The molecule has 0 atom stereocenters. The van der Waals surface area contributed by atoms with E-state index in [1.807, 2.05) is 32.0 Å². The van der Waals surface area contributed by atoms with Crippen molar-refractivity contribution in [1.82, 2.24) is 5.43 Å². The molecule has 0 aliphatic heterocycles. The lowest BCUT2D eigenvalue weighted by Crippen LogP contribution is -2.21. The molecular weight excluding hydrogens is 482 g/mol. The zero-order valence-electron chi connectivity index (χ0n) is 18.6. The van der Waals surface area contributed by atoms with Gasteiger partial charge in [-0.25, -0.2) is 5.43 Å². The monoisotopic (exact) mass is 509 g/mol. The number of nitrogens with zero attached hydrogens (tertiary/aromatic N) is 2. The van der Waals surface area contributed by atoms with Crippen LogP contribution >= 0.6 is 27.7 Å². The maximum absolute atomic E-state index is 12.2. The van der Waals surface area contributed by atoms with E-state index in [-0.39, 0.29) is 5.91 Å². The first-order chi connectivity index (χ1) is 15.5. The van der Waals surface area contributed by atoms with E-state index in [0.717, 1.165) is 44.8 Å². The van der Waals surface area contributed by atoms with Gasteiger partial charge in [0.25, 0.3) is 0 Å². The number of thioether (sulfide) groups is 1. The first kappa shape index (κ1) is 24.1. The molecule has 32 heavy (non-hydrogen) atoms. The van der Waals surface area contributed by atoms with Crippen LogP contribution in [0.15, 0.2) is 81.2 Å². The maximum atomic E-state index is 12.2. The highest BCUT2D eigenvalue weighted by Gasteiger charge is 2.07. The predicted molar refractivity (Wildman–Crippen MR) is 140 cm³/mol. The molecule has 4 nitrogen and oxygen atoms in total. The van der Waals surface area contributed by atoms with Crippen molar-refractivity contribution in [2.75, 3.05) is 17.2 Å². The third-order valence-electron chi connectivity index (χ3n) is 5.07. The fraction of sp³-hybridized carbons (Fsp3) is 0.231.